The molecule has 1 aromatic carbocycles. The highest BCUT2D eigenvalue weighted by Gasteiger charge is 2.38. The number of fused-ring (bicyclic) bond motifs is 3. The SMILES string of the molecule is Cc1ccc(Sc2ccc(C(=O)NC3CN4CCC3CC4C)cc2)s1. The predicted octanol–water partition coefficient (Wildman–Crippen LogP) is 4.42. The van der Waals surface area contributed by atoms with Crippen molar-refractivity contribution in [1.82, 2.24) is 10.2 Å². The fraction of sp³-hybridized carbons (Fsp3) is 0.450. The van der Waals surface area contributed by atoms with Crippen LogP contribution >= 0.6 is 23.1 Å². The number of benzene rings is 1. The van der Waals surface area contributed by atoms with Crippen molar-refractivity contribution in [3.63, 3.8) is 0 Å². The maximum atomic E-state index is 12.6. The first-order chi connectivity index (χ1) is 12.1. The molecule has 4 heterocycles. The van der Waals surface area contributed by atoms with Gasteiger partial charge in [0.1, 0.15) is 0 Å². The number of hydrogen-bond donors (Lipinski definition) is 1. The third-order valence-corrected chi connectivity index (χ3v) is 7.56. The Bertz CT molecular complexity index is 755. The molecule has 3 aliphatic heterocycles. The summed E-state index contributed by atoms with van der Waals surface area (Å²) in [6.45, 7) is 6.61. The van der Waals surface area contributed by atoms with Crippen LogP contribution < -0.4 is 5.32 Å². The molecule has 5 rings (SSSR count). The Morgan fingerprint density at radius 1 is 1.24 bits per heavy atom. The van der Waals surface area contributed by atoms with Gasteiger partial charge in [-0.1, -0.05) is 11.8 Å². The van der Waals surface area contributed by atoms with Gasteiger partial charge >= 0.3 is 0 Å². The second-order valence-electron chi connectivity index (χ2n) is 7.20. The van der Waals surface area contributed by atoms with Crippen LogP contribution in [0.4, 0.5) is 0 Å². The molecule has 2 aromatic rings. The molecule has 3 saturated heterocycles. The standard InChI is InChI=1S/C20H24N2OS2/c1-13-11-16-9-10-22(13)12-18(16)21-20(23)15-4-6-17(7-5-15)25-19-8-3-14(2)24-19/h3-8,13,16,18H,9-12H2,1-2H3,(H,21,23). The van der Waals surface area contributed by atoms with Crippen molar-refractivity contribution in [2.45, 2.75) is 47.9 Å². The van der Waals surface area contributed by atoms with E-state index in [2.05, 4.69) is 36.2 Å². The lowest BCUT2D eigenvalue weighted by atomic mass is 9.80. The van der Waals surface area contributed by atoms with Crippen LogP contribution in [0, 0.1) is 12.8 Å². The number of aryl methyl sites for hydroxylation is 1. The zero-order chi connectivity index (χ0) is 17.4. The number of piperidine rings is 3. The smallest absolute Gasteiger partial charge is 0.251 e. The van der Waals surface area contributed by atoms with Crippen LogP contribution in [0.2, 0.25) is 0 Å². The molecule has 3 nitrogen and oxygen atoms in total. The van der Waals surface area contributed by atoms with Crippen molar-refractivity contribution in [3.8, 4) is 0 Å². The Balaban J connectivity index is 1.37. The van der Waals surface area contributed by atoms with Gasteiger partial charge in [-0.15, -0.1) is 11.3 Å². The van der Waals surface area contributed by atoms with Gasteiger partial charge in [0.25, 0.3) is 5.91 Å². The van der Waals surface area contributed by atoms with Crippen LogP contribution in [0.5, 0.6) is 0 Å². The molecule has 25 heavy (non-hydrogen) atoms. The van der Waals surface area contributed by atoms with Gasteiger partial charge in [-0.2, -0.15) is 0 Å². The number of carbonyl (C=O) groups is 1. The lowest BCUT2D eigenvalue weighted by molar-refractivity contribution is 0.0274. The van der Waals surface area contributed by atoms with E-state index in [-0.39, 0.29) is 5.91 Å². The van der Waals surface area contributed by atoms with E-state index in [9.17, 15) is 4.79 Å². The Morgan fingerprint density at radius 3 is 2.64 bits per heavy atom. The van der Waals surface area contributed by atoms with Crippen molar-refractivity contribution < 1.29 is 4.79 Å². The first-order valence-electron chi connectivity index (χ1n) is 8.98. The minimum Gasteiger partial charge on any atom is -0.348 e. The van der Waals surface area contributed by atoms with E-state index < -0.39 is 0 Å². The number of carbonyl (C=O) groups excluding carboxylic acids is 1. The van der Waals surface area contributed by atoms with Gasteiger partial charge in [0.2, 0.25) is 0 Å². The summed E-state index contributed by atoms with van der Waals surface area (Å²) in [5, 5.41) is 3.27. The largest absolute Gasteiger partial charge is 0.348 e. The normalized spacial score (nSPS) is 28.1. The zero-order valence-electron chi connectivity index (χ0n) is 14.7. The first kappa shape index (κ1) is 17.1. The number of rotatable bonds is 4. The minimum atomic E-state index is 0.0647. The van der Waals surface area contributed by atoms with Gasteiger partial charge in [-0.05, 0) is 75.5 Å². The molecule has 5 heteroatoms. The molecule has 3 aliphatic rings. The van der Waals surface area contributed by atoms with Crippen molar-refractivity contribution >= 4 is 29.0 Å². The summed E-state index contributed by atoms with van der Waals surface area (Å²) < 4.78 is 1.29. The molecule has 132 valence electrons. The predicted molar refractivity (Wildman–Crippen MR) is 105 cm³/mol. The Hall–Kier alpha value is -1.30. The lowest BCUT2D eigenvalue weighted by Gasteiger charge is -2.48. The summed E-state index contributed by atoms with van der Waals surface area (Å²) in [5.74, 6) is 0.704. The molecule has 1 N–H and O–H groups in total. The third-order valence-electron chi connectivity index (χ3n) is 5.42. The Kier molecular flexibility index (Phi) is 4.89. The number of hydrogen-bond acceptors (Lipinski definition) is 4. The molecule has 1 amide bonds. The summed E-state index contributed by atoms with van der Waals surface area (Å²) in [6, 6.07) is 13.3. The molecular weight excluding hydrogens is 348 g/mol. The molecule has 0 spiro atoms. The summed E-state index contributed by atoms with van der Waals surface area (Å²) in [4.78, 5) is 17.6. The fourth-order valence-electron chi connectivity index (χ4n) is 3.97. The van der Waals surface area contributed by atoms with Crippen LogP contribution in [-0.4, -0.2) is 36.0 Å². The summed E-state index contributed by atoms with van der Waals surface area (Å²) >= 11 is 3.56. The minimum absolute atomic E-state index is 0.0647. The summed E-state index contributed by atoms with van der Waals surface area (Å²) in [7, 11) is 0. The average molecular weight is 373 g/mol. The molecule has 4 unspecified atom stereocenters. The van der Waals surface area contributed by atoms with Crippen molar-refractivity contribution in [3.05, 3.63) is 46.8 Å². The topological polar surface area (TPSA) is 32.3 Å². The number of nitrogens with zero attached hydrogens (tertiary/aromatic N) is 1. The van der Waals surface area contributed by atoms with Crippen LogP contribution in [0.3, 0.4) is 0 Å². The monoisotopic (exact) mass is 372 g/mol. The Morgan fingerprint density at radius 2 is 2.04 bits per heavy atom. The van der Waals surface area contributed by atoms with Gasteiger partial charge in [-0.3, -0.25) is 9.69 Å². The van der Waals surface area contributed by atoms with Crippen molar-refractivity contribution in [2.75, 3.05) is 13.1 Å². The molecule has 3 fully saturated rings. The highest BCUT2D eigenvalue weighted by Crippen LogP contribution is 2.34. The number of thiophene rings is 1. The Labute approximate surface area is 157 Å². The molecular formula is C20H24N2OS2. The maximum absolute atomic E-state index is 12.6. The van der Waals surface area contributed by atoms with Crippen molar-refractivity contribution in [2.24, 2.45) is 5.92 Å². The van der Waals surface area contributed by atoms with E-state index in [0.29, 0.717) is 18.0 Å². The van der Waals surface area contributed by atoms with E-state index in [0.717, 1.165) is 12.1 Å². The molecule has 1 aromatic heterocycles. The average Bonchev–Trinajstić information content (AvgIpc) is 3.01. The van der Waals surface area contributed by atoms with Gasteiger partial charge < -0.3 is 5.32 Å². The van der Waals surface area contributed by atoms with E-state index in [1.54, 1.807) is 23.1 Å². The van der Waals surface area contributed by atoms with Gasteiger partial charge in [0.15, 0.2) is 0 Å². The number of nitrogens with one attached hydrogen (secondary N) is 1. The summed E-state index contributed by atoms with van der Waals surface area (Å²) in [5.41, 5.74) is 0.760. The fourth-order valence-corrected chi connectivity index (χ4v) is 6.05. The van der Waals surface area contributed by atoms with E-state index in [4.69, 9.17) is 0 Å². The van der Waals surface area contributed by atoms with Crippen LogP contribution in [0.15, 0.2) is 45.5 Å². The van der Waals surface area contributed by atoms with Crippen molar-refractivity contribution in [1.29, 1.82) is 0 Å². The van der Waals surface area contributed by atoms with Crippen LogP contribution in [0.1, 0.15) is 35.0 Å². The molecule has 4 atom stereocenters. The second-order valence-corrected chi connectivity index (χ2v) is 9.86. The van der Waals surface area contributed by atoms with Crippen LogP contribution in [0.25, 0.3) is 0 Å². The summed E-state index contributed by atoms with van der Waals surface area (Å²) in [6.07, 6.45) is 2.42. The van der Waals surface area contributed by atoms with Crippen LogP contribution in [-0.2, 0) is 0 Å². The van der Waals surface area contributed by atoms with Gasteiger partial charge in [0, 0.05) is 34.0 Å². The zero-order valence-corrected chi connectivity index (χ0v) is 16.3. The quantitative estimate of drug-likeness (QED) is 0.862. The molecule has 2 bridgehead atoms. The first-order valence-corrected chi connectivity index (χ1v) is 10.6. The van der Waals surface area contributed by atoms with Gasteiger partial charge in [-0.25, -0.2) is 0 Å². The van der Waals surface area contributed by atoms with E-state index in [1.165, 1.54) is 33.4 Å². The lowest BCUT2D eigenvalue weighted by Crippen LogP contribution is -2.60. The third kappa shape index (κ3) is 3.78. The van der Waals surface area contributed by atoms with E-state index >= 15 is 0 Å². The second kappa shape index (κ2) is 7.14. The number of amides is 1. The highest BCUT2D eigenvalue weighted by molar-refractivity contribution is 8.01. The maximum Gasteiger partial charge on any atom is 0.251 e. The van der Waals surface area contributed by atoms with Gasteiger partial charge in [0.05, 0.1) is 4.21 Å². The highest BCUT2D eigenvalue weighted by atomic mass is 32.2. The molecule has 0 aliphatic carbocycles. The molecule has 0 saturated carbocycles. The van der Waals surface area contributed by atoms with E-state index in [1.807, 2.05) is 24.3 Å². The molecule has 0 radical (unpaired) electrons.